The van der Waals surface area contributed by atoms with Crippen molar-refractivity contribution >= 4 is 45.0 Å². The van der Waals surface area contributed by atoms with Gasteiger partial charge in [-0.3, -0.25) is 9.10 Å². The SMILES string of the molecule is CCOc1ccccc1N(CC(=O)NCCSCc1ccccc1Cl)S(=O)(=O)c1ccc(C)cc1. The van der Waals surface area contributed by atoms with Gasteiger partial charge in [0.2, 0.25) is 5.91 Å². The number of nitrogens with zero attached hydrogens (tertiary/aromatic N) is 1. The zero-order valence-electron chi connectivity index (χ0n) is 19.7. The van der Waals surface area contributed by atoms with E-state index in [1.165, 1.54) is 0 Å². The van der Waals surface area contributed by atoms with Crippen molar-refractivity contribution in [3.8, 4) is 5.75 Å². The van der Waals surface area contributed by atoms with Gasteiger partial charge in [-0.05, 0) is 49.7 Å². The number of nitrogens with one attached hydrogen (secondary N) is 1. The minimum Gasteiger partial charge on any atom is -0.492 e. The molecule has 6 nitrogen and oxygen atoms in total. The van der Waals surface area contributed by atoms with Crippen LogP contribution in [0.25, 0.3) is 0 Å². The van der Waals surface area contributed by atoms with Crippen molar-refractivity contribution in [1.29, 1.82) is 0 Å². The quantitative estimate of drug-likeness (QED) is 0.321. The lowest BCUT2D eigenvalue weighted by molar-refractivity contribution is -0.119. The van der Waals surface area contributed by atoms with Crippen molar-refractivity contribution in [2.45, 2.75) is 24.5 Å². The van der Waals surface area contributed by atoms with E-state index in [-0.39, 0.29) is 11.4 Å². The van der Waals surface area contributed by atoms with Crippen LogP contribution in [0.3, 0.4) is 0 Å². The Morgan fingerprint density at radius 1 is 1.03 bits per heavy atom. The highest BCUT2D eigenvalue weighted by Gasteiger charge is 2.29. The third-order valence-corrected chi connectivity index (χ3v) is 8.26. The Kier molecular flexibility index (Phi) is 9.89. The number of ether oxygens (including phenoxy) is 1. The number of hydrogen-bond donors (Lipinski definition) is 1. The van der Waals surface area contributed by atoms with E-state index >= 15 is 0 Å². The minimum absolute atomic E-state index is 0.109. The smallest absolute Gasteiger partial charge is 0.264 e. The fourth-order valence-electron chi connectivity index (χ4n) is 3.32. The number of amides is 1. The van der Waals surface area contributed by atoms with E-state index in [1.54, 1.807) is 60.3 Å². The third-order valence-electron chi connectivity index (χ3n) is 5.11. The van der Waals surface area contributed by atoms with Crippen LogP contribution in [0.2, 0.25) is 5.02 Å². The molecule has 1 N–H and O–H groups in total. The minimum atomic E-state index is -4.01. The standard InChI is InChI=1S/C26H29ClN2O4S2/c1-3-33-25-11-7-6-10-24(25)29(35(31,32)22-14-12-20(2)13-15-22)18-26(30)28-16-17-34-19-21-8-4-5-9-23(21)27/h4-15H,3,16-19H2,1-2H3,(H,28,30). The first-order chi connectivity index (χ1) is 16.8. The van der Waals surface area contributed by atoms with Gasteiger partial charge in [0, 0.05) is 23.1 Å². The first-order valence-corrected chi connectivity index (χ1v) is 14.2. The van der Waals surface area contributed by atoms with Crippen LogP contribution in [0.15, 0.2) is 77.7 Å². The van der Waals surface area contributed by atoms with Gasteiger partial charge >= 0.3 is 0 Å². The lowest BCUT2D eigenvalue weighted by Crippen LogP contribution is -2.41. The number of sulfonamides is 1. The van der Waals surface area contributed by atoms with Crippen LogP contribution in [0.5, 0.6) is 5.75 Å². The summed E-state index contributed by atoms with van der Waals surface area (Å²) in [7, 11) is -4.01. The fraction of sp³-hybridized carbons (Fsp3) is 0.269. The number of para-hydroxylation sites is 2. The van der Waals surface area contributed by atoms with Gasteiger partial charge in [-0.15, -0.1) is 0 Å². The van der Waals surface area contributed by atoms with Gasteiger partial charge in [0.05, 0.1) is 17.2 Å². The summed E-state index contributed by atoms with van der Waals surface area (Å²) < 4.78 is 33.9. The molecule has 0 aromatic heterocycles. The molecule has 0 saturated carbocycles. The van der Waals surface area contributed by atoms with Crippen LogP contribution in [0.4, 0.5) is 5.69 Å². The predicted octanol–water partition coefficient (Wildman–Crippen LogP) is 5.29. The van der Waals surface area contributed by atoms with Gasteiger partial charge < -0.3 is 10.1 Å². The van der Waals surface area contributed by atoms with Gasteiger partial charge in [-0.2, -0.15) is 11.8 Å². The molecule has 0 bridgehead atoms. The summed E-state index contributed by atoms with van der Waals surface area (Å²) >= 11 is 7.82. The number of hydrogen-bond acceptors (Lipinski definition) is 5. The summed E-state index contributed by atoms with van der Waals surface area (Å²) in [6.45, 7) is 4.11. The summed E-state index contributed by atoms with van der Waals surface area (Å²) in [5.41, 5.74) is 2.30. The van der Waals surface area contributed by atoms with Crippen molar-refractivity contribution in [2.75, 3.05) is 29.8 Å². The Balaban J connectivity index is 1.71. The number of aryl methyl sites for hydroxylation is 1. The molecule has 0 aliphatic rings. The number of thioether (sulfide) groups is 1. The molecule has 9 heteroatoms. The van der Waals surface area contributed by atoms with Crippen LogP contribution >= 0.6 is 23.4 Å². The zero-order chi connectivity index (χ0) is 25.3. The second-order valence-corrected chi connectivity index (χ2v) is 11.1. The largest absolute Gasteiger partial charge is 0.492 e. The van der Waals surface area contributed by atoms with E-state index in [1.807, 2.05) is 38.1 Å². The third kappa shape index (κ3) is 7.40. The molecule has 0 aliphatic carbocycles. The molecule has 3 aromatic rings. The summed E-state index contributed by atoms with van der Waals surface area (Å²) in [5.74, 6) is 1.39. The lowest BCUT2D eigenvalue weighted by Gasteiger charge is -2.26. The fourth-order valence-corrected chi connectivity index (χ4v) is 5.90. The maximum Gasteiger partial charge on any atom is 0.264 e. The Morgan fingerprint density at radius 3 is 2.43 bits per heavy atom. The molecule has 186 valence electrons. The first-order valence-electron chi connectivity index (χ1n) is 11.2. The van der Waals surface area contributed by atoms with Crippen molar-refractivity contribution in [2.24, 2.45) is 0 Å². The van der Waals surface area contributed by atoms with Crippen molar-refractivity contribution in [3.63, 3.8) is 0 Å². The Labute approximate surface area is 216 Å². The normalized spacial score (nSPS) is 11.2. The lowest BCUT2D eigenvalue weighted by atomic mass is 10.2. The van der Waals surface area contributed by atoms with Gasteiger partial charge in [0.1, 0.15) is 12.3 Å². The average Bonchev–Trinajstić information content (AvgIpc) is 2.84. The number of halogens is 1. The van der Waals surface area contributed by atoms with E-state index < -0.39 is 15.9 Å². The van der Waals surface area contributed by atoms with E-state index in [4.69, 9.17) is 16.3 Å². The van der Waals surface area contributed by atoms with Crippen LogP contribution in [0, 0.1) is 6.92 Å². The summed E-state index contributed by atoms with van der Waals surface area (Å²) in [4.78, 5) is 12.9. The van der Waals surface area contributed by atoms with Crippen LogP contribution < -0.4 is 14.4 Å². The summed E-state index contributed by atoms with van der Waals surface area (Å²) in [5, 5.41) is 3.54. The molecule has 35 heavy (non-hydrogen) atoms. The number of rotatable bonds is 12. The molecule has 0 spiro atoms. The van der Waals surface area contributed by atoms with E-state index in [0.717, 1.165) is 21.2 Å². The second-order valence-electron chi connectivity index (χ2n) is 7.72. The number of carbonyl (C=O) groups is 1. The Hall–Kier alpha value is -2.68. The van der Waals surface area contributed by atoms with Crippen LogP contribution in [-0.2, 0) is 20.6 Å². The zero-order valence-corrected chi connectivity index (χ0v) is 22.1. The van der Waals surface area contributed by atoms with Gasteiger partial charge in [-0.1, -0.05) is 59.6 Å². The van der Waals surface area contributed by atoms with Gasteiger partial charge in [0.15, 0.2) is 0 Å². The van der Waals surface area contributed by atoms with Crippen molar-refractivity contribution in [3.05, 3.63) is 88.9 Å². The van der Waals surface area contributed by atoms with E-state index in [0.29, 0.717) is 35.4 Å². The molecule has 3 aromatic carbocycles. The van der Waals surface area contributed by atoms with Crippen LogP contribution in [-0.4, -0.2) is 39.8 Å². The number of anilines is 1. The molecule has 1 amide bonds. The molecule has 0 fully saturated rings. The molecule has 3 rings (SSSR count). The molecule has 0 unspecified atom stereocenters. The van der Waals surface area contributed by atoms with Crippen molar-refractivity contribution < 1.29 is 17.9 Å². The monoisotopic (exact) mass is 532 g/mol. The first kappa shape index (κ1) is 26.9. The van der Waals surface area contributed by atoms with Crippen LogP contribution in [0.1, 0.15) is 18.1 Å². The second kappa shape index (κ2) is 12.9. The molecule has 0 radical (unpaired) electrons. The van der Waals surface area contributed by atoms with Gasteiger partial charge in [0.25, 0.3) is 10.0 Å². The highest BCUT2D eigenvalue weighted by atomic mass is 35.5. The maximum absolute atomic E-state index is 13.6. The van der Waals surface area contributed by atoms with Crippen molar-refractivity contribution in [1.82, 2.24) is 5.32 Å². The van der Waals surface area contributed by atoms with E-state index in [2.05, 4.69) is 5.32 Å². The topological polar surface area (TPSA) is 75.7 Å². The summed E-state index contributed by atoms with van der Waals surface area (Å²) in [6.07, 6.45) is 0. The molecule has 0 heterocycles. The van der Waals surface area contributed by atoms with Gasteiger partial charge in [-0.25, -0.2) is 8.42 Å². The Bertz CT molecular complexity index is 1230. The summed E-state index contributed by atoms with van der Waals surface area (Å²) in [6, 6.07) is 21.0. The average molecular weight is 533 g/mol. The molecule has 0 atom stereocenters. The highest BCUT2D eigenvalue weighted by molar-refractivity contribution is 7.98. The number of benzene rings is 3. The maximum atomic E-state index is 13.6. The molecule has 0 aliphatic heterocycles. The van der Waals surface area contributed by atoms with E-state index in [9.17, 15) is 13.2 Å². The molecular weight excluding hydrogens is 504 g/mol. The molecule has 0 saturated heterocycles. The number of carbonyl (C=O) groups excluding carboxylic acids is 1. The highest BCUT2D eigenvalue weighted by Crippen LogP contribution is 2.32. The molecular formula is C26H29ClN2O4S2. The predicted molar refractivity (Wildman–Crippen MR) is 144 cm³/mol. The Morgan fingerprint density at radius 2 is 1.71 bits per heavy atom.